The van der Waals surface area contributed by atoms with Crippen molar-refractivity contribution in [3.63, 3.8) is 0 Å². The molecule has 0 atom stereocenters. The summed E-state index contributed by atoms with van der Waals surface area (Å²) in [5, 5.41) is 3.51. The number of benzene rings is 2. The SMILES string of the molecule is COP(=O)(OC)c1c(-c2ccccc2)[nH]n(-c2ccc(Cl)cc2)c1=O. The molecule has 0 fully saturated rings. The molecule has 8 heteroatoms. The smallest absolute Gasteiger partial charge is 0.308 e. The first kappa shape index (κ1) is 17.7. The Hall–Kier alpha value is -2.11. The maximum Gasteiger partial charge on any atom is 0.368 e. The van der Waals surface area contributed by atoms with E-state index in [1.807, 2.05) is 18.2 Å². The number of aromatic nitrogens is 2. The van der Waals surface area contributed by atoms with Crippen LogP contribution in [0.4, 0.5) is 0 Å². The molecule has 1 N–H and O–H groups in total. The molecule has 0 spiro atoms. The third kappa shape index (κ3) is 3.22. The summed E-state index contributed by atoms with van der Waals surface area (Å²) >= 11 is 5.91. The predicted molar refractivity (Wildman–Crippen MR) is 98.1 cm³/mol. The highest BCUT2D eigenvalue weighted by Crippen LogP contribution is 2.46. The van der Waals surface area contributed by atoms with Crippen LogP contribution in [0.3, 0.4) is 0 Å². The number of hydrogen-bond acceptors (Lipinski definition) is 4. The van der Waals surface area contributed by atoms with E-state index in [9.17, 15) is 9.36 Å². The van der Waals surface area contributed by atoms with Gasteiger partial charge in [0.2, 0.25) is 0 Å². The van der Waals surface area contributed by atoms with Crippen LogP contribution in [0.1, 0.15) is 0 Å². The molecule has 1 heterocycles. The van der Waals surface area contributed by atoms with Gasteiger partial charge in [-0.25, -0.2) is 4.68 Å². The van der Waals surface area contributed by atoms with Crippen LogP contribution in [0.15, 0.2) is 59.4 Å². The summed E-state index contributed by atoms with van der Waals surface area (Å²) < 4.78 is 24.4. The molecule has 0 aliphatic carbocycles. The van der Waals surface area contributed by atoms with Crippen molar-refractivity contribution in [1.82, 2.24) is 9.78 Å². The van der Waals surface area contributed by atoms with Crippen LogP contribution >= 0.6 is 19.2 Å². The van der Waals surface area contributed by atoms with E-state index in [2.05, 4.69) is 5.10 Å². The Kier molecular flexibility index (Phi) is 4.97. The van der Waals surface area contributed by atoms with E-state index in [0.717, 1.165) is 0 Å². The summed E-state index contributed by atoms with van der Waals surface area (Å²) in [5.41, 5.74) is 1.12. The molecular weight excluding hydrogens is 363 g/mol. The lowest BCUT2D eigenvalue weighted by atomic mass is 10.2. The molecule has 0 bridgehead atoms. The average Bonchev–Trinajstić information content (AvgIpc) is 3.00. The van der Waals surface area contributed by atoms with E-state index >= 15 is 0 Å². The van der Waals surface area contributed by atoms with Gasteiger partial charge in [0.05, 0.1) is 11.4 Å². The number of hydrogen-bond donors (Lipinski definition) is 1. The van der Waals surface area contributed by atoms with Crippen molar-refractivity contribution in [1.29, 1.82) is 0 Å². The molecule has 3 rings (SSSR count). The van der Waals surface area contributed by atoms with E-state index in [-0.39, 0.29) is 5.30 Å². The van der Waals surface area contributed by atoms with Gasteiger partial charge >= 0.3 is 7.60 Å². The number of nitrogens with one attached hydrogen (secondary N) is 1. The van der Waals surface area contributed by atoms with E-state index < -0.39 is 13.2 Å². The summed E-state index contributed by atoms with van der Waals surface area (Å²) in [6.45, 7) is 0. The van der Waals surface area contributed by atoms with Gasteiger partial charge in [0.15, 0.2) is 5.30 Å². The largest absolute Gasteiger partial charge is 0.368 e. The molecule has 0 aliphatic heterocycles. The van der Waals surface area contributed by atoms with E-state index in [4.69, 9.17) is 20.6 Å². The molecular formula is C17H16ClN2O4P. The highest BCUT2D eigenvalue weighted by atomic mass is 35.5. The van der Waals surface area contributed by atoms with Crippen molar-refractivity contribution >= 4 is 24.5 Å². The topological polar surface area (TPSA) is 73.3 Å². The standard InChI is InChI=1S/C17H16ClN2O4P/c1-23-25(22,24-2)16-15(12-6-4-3-5-7-12)19-20(17(16)21)14-10-8-13(18)9-11-14/h3-11,19H,1-2H3. The molecule has 0 saturated heterocycles. The average molecular weight is 379 g/mol. The van der Waals surface area contributed by atoms with Gasteiger partial charge in [-0.05, 0) is 24.3 Å². The normalized spacial score (nSPS) is 11.6. The van der Waals surface area contributed by atoms with Crippen LogP contribution in [0, 0.1) is 0 Å². The predicted octanol–water partition coefficient (Wildman–Crippen LogP) is 3.60. The molecule has 2 aromatic carbocycles. The minimum absolute atomic E-state index is 0.0429. The number of H-pyrrole nitrogens is 1. The number of halogens is 1. The van der Waals surface area contributed by atoms with Gasteiger partial charge in [-0.2, -0.15) is 0 Å². The van der Waals surface area contributed by atoms with Gasteiger partial charge in [-0.15, -0.1) is 0 Å². The molecule has 6 nitrogen and oxygen atoms in total. The highest BCUT2D eigenvalue weighted by Gasteiger charge is 2.35. The van der Waals surface area contributed by atoms with Crippen molar-refractivity contribution < 1.29 is 13.6 Å². The van der Waals surface area contributed by atoms with Gasteiger partial charge in [-0.1, -0.05) is 41.9 Å². The second kappa shape index (κ2) is 7.02. The Morgan fingerprint density at radius 2 is 1.60 bits per heavy atom. The summed E-state index contributed by atoms with van der Waals surface area (Å²) in [4.78, 5) is 13.0. The van der Waals surface area contributed by atoms with Gasteiger partial charge in [0, 0.05) is 24.8 Å². The summed E-state index contributed by atoms with van der Waals surface area (Å²) in [6.07, 6.45) is 0. The fourth-order valence-corrected chi connectivity index (χ4v) is 3.95. The minimum Gasteiger partial charge on any atom is -0.308 e. The zero-order valence-corrected chi connectivity index (χ0v) is 15.3. The fourth-order valence-electron chi connectivity index (χ4n) is 2.52. The van der Waals surface area contributed by atoms with Crippen LogP contribution in [0.5, 0.6) is 0 Å². The summed E-state index contributed by atoms with van der Waals surface area (Å²) in [5.74, 6) is 0. The minimum atomic E-state index is -3.77. The van der Waals surface area contributed by atoms with Gasteiger partial charge in [-0.3, -0.25) is 14.5 Å². The Balaban J connectivity index is 2.31. The van der Waals surface area contributed by atoms with Crippen LogP contribution < -0.4 is 10.9 Å². The highest BCUT2D eigenvalue weighted by molar-refractivity contribution is 7.62. The van der Waals surface area contributed by atoms with Crippen molar-refractivity contribution in [2.45, 2.75) is 0 Å². The molecule has 0 unspecified atom stereocenters. The quantitative estimate of drug-likeness (QED) is 0.688. The lowest BCUT2D eigenvalue weighted by molar-refractivity contribution is 0.287. The maximum absolute atomic E-state index is 13.0. The number of aromatic amines is 1. The molecule has 0 saturated carbocycles. The van der Waals surface area contributed by atoms with E-state index in [0.29, 0.717) is 22.0 Å². The number of nitrogens with zero attached hydrogens (tertiary/aromatic N) is 1. The Bertz CT molecular complexity index is 972. The molecule has 0 radical (unpaired) electrons. The zero-order chi connectivity index (χ0) is 18.0. The van der Waals surface area contributed by atoms with Gasteiger partial charge in [0.25, 0.3) is 5.56 Å². The Morgan fingerprint density at radius 1 is 1.00 bits per heavy atom. The molecule has 3 aromatic rings. The van der Waals surface area contributed by atoms with Crippen molar-refractivity contribution in [3.05, 3.63) is 70.0 Å². The molecule has 0 aliphatic rings. The molecule has 25 heavy (non-hydrogen) atoms. The molecule has 130 valence electrons. The van der Waals surface area contributed by atoms with Gasteiger partial charge in [0.1, 0.15) is 0 Å². The number of rotatable bonds is 5. The lowest BCUT2D eigenvalue weighted by Crippen LogP contribution is -2.29. The summed E-state index contributed by atoms with van der Waals surface area (Å²) in [7, 11) is -1.28. The van der Waals surface area contributed by atoms with Crippen LogP contribution in [0.2, 0.25) is 5.02 Å². The first-order valence-corrected chi connectivity index (χ1v) is 9.30. The van der Waals surface area contributed by atoms with Crippen molar-refractivity contribution in [3.8, 4) is 16.9 Å². The van der Waals surface area contributed by atoms with Crippen LogP contribution in [-0.2, 0) is 13.6 Å². The molecule has 0 amide bonds. The summed E-state index contributed by atoms with van der Waals surface area (Å²) in [6, 6.07) is 15.8. The lowest BCUT2D eigenvalue weighted by Gasteiger charge is -2.12. The first-order chi connectivity index (χ1) is 12.0. The van der Waals surface area contributed by atoms with E-state index in [1.165, 1.54) is 18.9 Å². The Labute approximate surface area is 149 Å². The Morgan fingerprint density at radius 3 is 2.16 bits per heavy atom. The third-order valence-corrected chi connectivity index (χ3v) is 5.94. The first-order valence-electron chi connectivity index (χ1n) is 7.38. The van der Waals surface area contributed by atoms with Crippen LogP contribution in [-0.4, -0.2) is 24.0 Å². The van der Waals surface area contributed by atoms with Crippen LogP contribution in [0.25, 0.3) is 16.9 Å². The van der Waals surface area contributed by atoms with Gasteiger partial charge < -0.3 is 9.05 Å². The second-order valence-electron chi connectivity index (χ2n) is 5.18. The van der Waals surface area contributed by atoms with Crippen molar-refractivity contribution in [2.75, 3.05) is 14.2 Å². The monoisotopic (exact) mass is 378 g/mol. The third-order valence-electron chi connectivity index (χ3n) is 3.77. The fraction of sp³-hybridized carbons (Fsp3) is 0.118. The van der Waals surface area contributed by atoms with E-state index in [1.54, 1.807) is 36.4 Å². The van der Waals surface area contributed by atoms with Crippen molar-refractivity contribution in [2.24, 2.45) is 0 Å². The zero-order valence-electron chi connectivity index (χ0n) is 13.6. The second-order valence-corrected chi connectivity index (χ2v) is 7.79. The maximum atomic E-state index is 13.0. The molecule has 1 aromatic heterocycles.